The van der Waals surface area contributed by atoms with Crippen molar-refractivity contribution >= 4 is 0 Å². The maximum atomic E-state index is 10.2. The summed E-state index contributed by atoms with van der Waals surface area (Å²) in [6.07, 6.45) is 6.41. The first-order valence-corrected chi connectivity index (χ1v) is 6.69. The SMILES string of the molecule is Cn1cnc(CN2CC[C@H](O)[C@]3(CCCO3)C2)c1. The Bertz CT molecular complexity index is 412. The molecular formula is C13H21N3O2. The molecular weight excluding hydrogens is 230 g/mol. The van der Waals surface area contributed by atoms with Crippen LogP contribution in [0.15, 0.2) is 12.5 Å². The molecule has 2 aliphatic heterocycles. The predicted molar refractivity (Wildman–Crippen MR) is 67.0 cm³/mol. The number of piperidine rings is 1. The molecule has 0 bridgehead atoms. The van der Waals surface area contributed by atoms with Gasteiger partial charge >= 0.3 is 0 Å². The van der Waals surface area contributed by atoms with Crippen LogP contribution in [0.2, 0.25) is 0 Å². The van der Waals surface area contributed by atoms with Crippen LogP contribution >= 0.6 is 0 Å². The van der Waals surface area contributed by atoms with Gasteiger partial charge < -0.3 is 14.4 Å². The lowest BCUT2D eigenvalue weighted by atomic mass is 9.87. The molecule has 100 valence electrons. The van der Waals surface area contributed by atoms with Crippen LogP contribution in [0.3, 0.4) is 0 Å². The Morgan fingerprint density at radius 2 is 2.50 bits per heavy atom. The van der Waals surface area contributed by atoms with E-state index in [1.165, 1.54) is 0 Å². The number of nitrogens with zero attached hydrogens (tertiary/aromatic N) is 3. The standard InChI is InChI=1S/C13H21N3O2/c1-15-7-11(14-10-15)8-16-5-3-12(17)13(9-16)4-2-6-18-13/h7,10,12,17H,2-6,8-9H2,1H3/t12-,13-/m0/s1. The third-order valence-corrected chi connectivity index (χ3v) is 4.10. The van der Waals surface area contributed by atoms with Gasteiger partial charge in [0.1, 0.15) is 5.60 Å². The Kier molecular flexibility index (Phi) is 3.13. The summed E-state index contributed by atoms with van der Waals surface area (Å²) in [5.74, 6) is 0. The van der Waals surface area contributed by atoms with E-state index in [0.717, 1.165) is 51.2 Å². The molecule has 0 unspecified atom stereocenters. The third-order valence-electron chi connectivity index (χ3n) is 4.10. The molecule has 0 amide bonds. The zero-order valence-corrected chi connectivity index (χ0v) is 10.9. The van der Waals surface area contributed by atoms with Gasteiger partial charge in [-0.1, -0.05) is 0 Å². The first-order valence-electron chi connectivity index (χ1n) is 6.69. The maximum absolute atomic E-state index is 10.2. The molecule has 2 fully saturated rings. The molecule has 5 nitrogen and oxygen atoms in total. The van der Waals surface area contributed by atoms with Gasteiger partial charge in [0.15, 0.2) is 0 Å². The zero-order chi connectivity index (χ0) is 12.6. The first-order chi connectivity index (χ1) is 8.68. The molecule has 1 N–H and O–H groups in total. The second-order valence-corrected chi connectivity index (χ2v) is 5.56. The Hall–Kier alpha value is -0.910. The normalized spacial score (nSPS) is 33.3. The van der Waals surface area contributed by atoms with Crippen molar-refractivity contribution in [2.24, 2.45) is 7.05 Å². The van der Waals surface area contributed by atoms with Gasteiger partial charge in [0.25, 0.3) is 0 Å². The Morgan fingerprint density at radius 3 is 3.17 bits per heavy atom. The van der Waals surface area contributed by atoms with Gasteiger partial charge in [-0.15, -0.1) is 0 Å². The fraction of sp³-hybridized carbons (Fsp3) is 0.769. The molecule has 3 rings (SSSR count). The quantitative estimate of drug-likeness (QED) is 0.833. The number of likely N-dealkylation sites (tertiary alicyclic amines) is 1. The van der Waals surface area contributed by atoms with Gasteiger partial charge in [-0.2, -0.15) is 0 Å². The van der Waals surface area contributed by atoms with Gasteiger partial charge in [0.2, 0.25) is 0 Å². The van der Waals surface area contributed by atoms with Crippen molar-refractivity contribution < 1.29 is 9.84 Å². The van der Waals surface area contributed by atoms with Crippen LogP contribution in [0.4, 0.5) is 0 Å². The molecule has 0 aliphatic carbocycles. The number of aryl methyl sites for hydroxylation is 1. The molecule has 1 aromatic heterocycles. The van der Waals surface area contributed by atoms with Crippen LogP contribution in [0.25, 0.3) is 0 Å². The van der Waals surface area contributed by atoms with Crippen LogP contribution in [0, 0.1) is 0 Å². The van der Waals surface area contributed by atoms with Crippen molar-refractivity contribution in [1.82, 2.24) is 14.5 Å². The number of aliphatic hydroxyl groups excluding tert-OH is 1. The molecule has 2 aliphatic rings. The lowest BCUT2D eigenvalue weighted by molar-refractivity contribution is -0.132. The second kappa shape index (κ2) is 4.64. The molecule has 3 heterocycles. The summed E-state index contributed by atoms with van der Waals surface area (Å²) < 4.78 is 7.82. The molecule has 2 saturated heterocycles. The predicted octanol–water partition coefficient (Wildman–Crippen LogP) is 0.536. The lowest BCUT2D eigenvalue weighted by Crippen LogP contribution is -2.56. The van der Waals surface area contributed by atoms with Crippen LogP contribution in [-0.4, -0.2) is 51.0 Å². The van der Waals surface area contributed by atoms with Crippen molar-refractivity contribution in [2.45, 2.75) is 37.5 Å². The fourth-order valence-electron chi connectivity index (χ4n) is 3.15. The van der Waals surface area contributed by atoms with E-state index in [4.69, 9.17) is 4.74 Å². The van der Waals surface area contributed by atoms with Gasteiger partial charge in [-0.25, -0.2) is 4.98 Å². The van der Waals surface area contributed by atoms with Crippen molar-refractivity contribution in [2.75, 3.05) is 19.7 Å². The molecule has 1 aromatic rings. The Balaban J connectivity index is 1.67. The van der Waals surface area contributed by atoms with E-state index in [2.05, 4.69) is 9.88 Å². The van der Waals surface area contributed by atoms with Crippen molar-refractivity contribution in [3.05, 3.63) is 18.2 Å². The summed E-state index contributed by atoms with van der Waals surface area (Å²) in [5, 5.41) is 10.2. The number of hydrogen-bond donors (Lipinski definition) is 1. The topological polar surface area (TPSA) is 50.5 Å². The number of hydrogen-bond acceptors (Lipinski definition) is 4. The minimum absolute atomic E-state index is 0.306. The van der Waals surface area contributed by atoms with Crippen molar-refractivity contribution in [3.8, 4) is 0 Å². The summed E-state index contributed by atoms with van der Waals surface area (Å²) in [4.78, 5) is 6.71. The van der Waals surface area contributed by atoms with E-state index in [9.17, 15) is 5.11 Å². The Labute approximate surface area is 107 Å². The average molecular weight is 251 g/mol. The first kappa shape index (κ1) is 12.1. The van der Waals surface area contributed by atoms with Crippen LogP contribution in [-0.2, 0) is 18.3 Å². The minimum atomic E-state index is -0.312. The third kappa shape index (κ3) is 2.18. The number of aliphatic hydroxyl groups is 1. The van der Waals surface area contributed by atoms with Crippen LogP contribution in [0.1, 0.15) is 25.0 Å². The van der Waals surface area contributed by atoms with E-state index in [1.54, 1.807) is 0 Å². The Morgan fingerprint density at radius 1 is 1.61 bits per heavy atom. The maximum Gasteiger partial charge on any atom is 0.107 e. The summed E-state index contributed by atoms with van der Waals surface area (Å²) in [6.45, 7) is 3.38. The smallest absolute Gasteiger partial charge is 0.107 e. The fourth-order valence-corrected chi connectivity index (χ4v) is 3.15. The molecule has 0 radical (unpaired) electrons. The van der Waals surface area contributed by atoms with Crippen LogP contribution < -0.4 is 0 Å². The molecule has 0 saturated carbocycles. The van der Waals surface area contributed by atoms with E-state index in [1.807, 2.05) is 24.1 Å². The highest BCUT2D eigenvalue weighted by Crippen LogP contribution is 2.35. The average Bonchev–Trinajstić information content (AvgIpc) is 2.95. The van der Waals surface area contributed by atoms with Gasteiger partial charge in [-0.3, -0.25) is 4.90 Å². The number of imidazole rings is 1. The minimum Gasteiger partial charge on any atom is -0.390 e. The highest BCUT2D eigenvalue weighted by atomic mass is 16.5. The molecule has 5 heteroatoms. The van der Waals surface area contributed by atoms with E-state index >= 15 is 0 Å². The number of aromatic nitrogens is 2. The van der Waals surface area contributed by atoms with Crippen LogP contribution in [0.5, 0.6) is 0 Å². The summed E-state index contributed by atoms with van der Waals surface area (Å²) in [5.41, 5.74) is 0.773. The summed E-state index contributed by atoms with van der Waals surface area (Å²) in [6, 6.07) is 0. The van der Waals surface area contributed by atoms with E-state index < -0.39 is 0 Å². The van der Waals surface area contributed by atoms with Gasteiger partial charge in [0.05, 0.1) is 18.1 Å². The molecule has 2 atom stereocenters. The zero-order valence-electron chi connectivity index (χ0n) is 10.9. The molecule has 0 aromatic carbocycles. The van der Waals surface area contributed by atoms with Gasteiger partial charge in [-0.05, 0) is 19.3 Å². The van der Waals surface area contributed by atoms with Gasteiger partial charge in [0, 0.05) is 39.5 Å². The summed E-state index contributed by atoms with van der Waals surface area (Å²) in [7, 11) is 1.98. The monoisotopic (exact) mass is 251 g/mol. The van der Waals surface area contributed by atoms with Crippen molar-refractivity contribution in [1.29, 1.82) is 0 Å². The van der Waals surface area contributed by atoms with Crippen molar-refractivity contribution in [3.63, 3.8) is 0 Å². The van der Waals surface area contributed by atoms with E-state index in [-0.39, 0.29) is 11.7 Å². The van der Waals surface area contributed by atoms with E-state index in [0.29, 0.717) is 0 Å². The summed E-state index contributed by atoms with van der Waals surface area (Å²) >= 11 is 0. The second-order valence-electron chi connectivity index (χ2n) is 5.56. The lowest BCUT2D eigenvalue weighted by Gasteiger charge is -2.43. The highest BCUT2D eigenvalue weighted by Gasteiger charge is 2.45. The molecule has 18 heavy (non-hydrogen) atoms. The molecule has 1 spiro atoms. The largest absolute Gasteiger partial charge is 0.390 e. The number of ether oxygens (including phenoxy) is 1. The number of rotatable bonds is 2. The highest BCUT2D eigenvalue weighted by molar-refractivity contribution is 5.02.